The smallest absolute Gasteiger partial charge is 0.149 e. The Bertz CT molecular complexity index is 338. The van der Waals surface area contributed by atoms with Gasteiger partial charge in [0.15, 0.2) is 0 Å². The highest BCUT2D eigenvalue weighted by molar-refractivity contribution is 5.36. The van der Waals surface area contributed by atoms with E-state index >= 15 is 0 Å². The number of nitrogens with one attached hydrogen (secondary N) is 1. The zero-order valence-corrected chi connectivity index (χ0v) is 10.2. The molecule has 0 radical (unpaired) electrons. The van der Waals surface area contributed by atoms with Gasteiger partial charge in [0.25, 0.3) is 0 Å². The lowest BCUT2D eigenvalue weighted by molar-refractivity contribution is 0.455. The van der Waals surface area contributed by atoms with Gasteiger partial charge in [0, 0.05) is 6.04 Å². The van der Waals surface area contributed by atoms with Crippen molar-refractivity contribution in [2.75, 3.05) is 5.32 Å². The lowest BCUT2D eigenvalue weighted by atomic mass is 9.97. The second-order valence-corrected chi connectivity index (χ2v) is 4.98. The van der Waals surface area contributed by atoms with Crippen LogP contribution in [0.25, 0.3) is 0 Å². The largest absolute Gasteiger partial charge is 0.366 e. The van der Waals surface area contributed by atoms with E-state index in [0.717, 1.165) is 11.7 Å². The van der Waals surface area contributed by atoms with Crippen molar-refractivity contribution in [1.29, 1.82) is 0 Å². The van der Waals surface area contributed by atoms with Gasteiger partial charge in [-0.1, -0.05) is 26.2 Å². The number of hydrogen-bond donors (Lipinski definition) is 1. The fourth-order valence-corrected chi connectivity index (χ4v) is 2.43. The number of nitrogens with zero attached hydrogens (tertiary/aromatic N) is 2. The summed E-state index contributed by atoms with van der Waals surface area (Å²) in [5.74, 6) is 1.67. The van der Waals surface area contributed by atoms with Crippen LogP contribution in [-0.4, -0.2) is 16.2 Å². The van der Waals surface area contributed by atoms with Crippen LogP contribution in [0.15, 0.2) is 12.3 Å². The normalized spacial score (nSPS) is 26.1. The van der Waals surface area contributed by atoms with Crippen molar-refractivity contribution in [3.05, 3.63) is 17.8 Å². The second kappa shape index (κ2) is 5.28. The monoisotopic (exact) mass is 219 g/mol. The molecule has 1 N–H and O–H groups in total. The van der Waals surface area contributed by atoms with Crippen LogP contribution >= 0.6 is 0 Å². The Morgan fingerprint density at radius 1 is 1.25 bits per heavy atom. The molecular formula is C13H21N3. The van der Waals surface area contributed by atoms with Gasteiger partial charge in [0.05, 0.1) is 6.20 Å². The van der Waals surface area contributed by atoms with Crippen LogP contribution in [0, 0.1) is 12.8 Å². The fourth-order valence-electron chi connectivity index (χ4n) is 2.43. The van der Waals surface area contributed by atoms with Gasteiger partial charge in [0.1, 0.15) is 5.82 Å². The molecule has 0 spiro atoms. The van der Waals surface area contributed by atoms with Gasteiger partial charge in [-0.3, -0.25) is 0 Å². The van der Waals surface area contributed by atoms with Crippen molar-refractivity contribution in [3.8, 4) is 0 Å². The summed E-state index contributed by atoms with van der Waals surface area (Å²) in [4.78, 5) is 0. The van der Waals surface area contributed by atoms with E-state index in [2.05, 4.69) is 35.4 Å². The molecule has 1 aromatic rings. The molecule has 2 unspecified atom stereocenters. The van der Waals surface area contributed by atoms with Crippen molar-refractivity contribution in [2.45, 2.75) is 52.0 Å². The minimum absolute atomic E-state index is 0.568. The average molecular weight is 219 g/mol. The number of anilines is 1. The molecule has 0 bridgehead atoms. The molecule has 1 fully saturated rings. The highest BCUT2D eigenvalue weighted by atomic mass is 15.2. The maximum atomic E-state index is 4.14. The molecule has 16 heavy (non-hydrogen) atoms. The molecule has 88 valence electrons. The quantitative estimate of drug-likeness (QED) is 0.776. The predicted octanol–water partition coefficient (Wildman–Crippen LogP) is 3.17. The Kier molecular flexibility index (Phi) is 3.75. The molecule has 1 aliphatic carbocycles. The predicted molar refractivity (Wildman–Crippen MR) is 66.4 cm³/mol. The summed E-state index contributed by atoms with van der Waals surface area (Å²) in [6, 6.07) is 2.64. The minimum atomic E-state index is 0.568. The Morgan fingerprint density at radius 3 is 2.88 bits per heavy atom. The van der Waals surface area contributed by atoms with Crippen LogP contribution in [-0.2, 0) is 0 Å². The third kappa shape index (κ3) is 2.94. The molecule has 1 heterocycles. The SMILES string of the molecule is Cc1cnnc(NC2CCCCCC2C)c1. The topological polar surface area (TPSA) is 37.8 Å². The highest BCUT2D eigenvalue weighted by Crippen LogP contribution is 2.25. The van der Waals surface area contributed by atoms with Crippen LogP contribution in [0.2, 0.25) is 0 Å². The number of aromatic nitrogens is 2. The first-order valence-electron chi connectivity index (χ1n) is 6.31. The van der Waals surface area contributed by atoms with Crippen LogP contribution in [0.3, 0.4) is 0 Å². The van der Waals surface area contributed by atoms with Gasteiger partial charge in [-0.05, 0) is 37.3 Å². The van der Waals surface area contributed by atoms with Crippen molar-refractivity contribution in [1.82, 2.24) is 10.2 Å². The molecule has 3 nitrogen and oxygen atoms in total. The van der Waals surface area contributed by atoms with Gasteiger partial charge in [-0.25, -0.2) is 0 Å². The van der Waals surface area contributed by atoms with Crippen LogP contribution in [0.1, 0.15) is 44.6 Å². The Balaban J connectivity index is 2.02. The van der Waals surface area contributed by atoms with E-state index < -0.39 is 0 Å². The van der Waals surface area contributed by atoms with E-state index in [1.54, 1.807) is 6.20 Å². The molecular weight excluding hydrogens is 198 g/mol. The van der Waals surface area contributed by atoms with Gasteiger partial charge < -0.3 is 5.32 Å². The molecule has 1 aromatic heterocycles. The summed E-state index contributed by atoms with van der Waals surface area (Å²) in [6.45, 7) is 4.39. The number of hydrogen-bond acceptors (Lipinski definition) is 3. The molecule has 1 aliphatic rings. The number of aryl methyl sites for hydroxylation is 1. The van der Waals surface area contributed by atoms with Crippen LogP contribution in [0.5, 0.6) is 0 Å². The first-order valence-corrected chi connectivity index (χ1v) is 6.31. The average Bonchev–Trinajstić information content (AvgIpc) is 2.45. The Labute approximate surface area is 97.7 Å². The minimum Gasteiger partial charge on any atom is -0.366 e. The van der Waals surface area contributed by atoms with Crippen molar-refractivity contribution < 1.29 is 0 Å². The zero-order chi connectivity index (χ0) is 11.4. The van der Waals surface area contributed by atoms with Gasteiger partial charge >= 0.3 is 0 Å². The summed E-state index contributed by atoms with van der Waals surface area (Å²) >= 11 is 0. The Hall–Kier alpha value is -1.12. The molecule has 2 rings (SSSR count). The summed E-state index contributed by atoms with van der Waals surface area (Å²) in [6.07, 6.45) is 8.47. The first kappa shape index (κ1) is 11.4. The molecule has 2 atom stereocenters. The van der Waals surface area contributed by atoms with E-state index in [1.165, 1.54) is 37.7 Å². The van der Waals surface area contributed by atoms with Crippen LogP contribution < -0.4 is 5.32 Å². The standard InChI is InChI=1S/C13H21N3/c1-10-8-13(16-14-9-10)15-12-7-5-3-4-6-11(12)2/h8-9,11-12H,3-7H2,1-2H3,(H,15,16). The number of rotatable bonds is 2. The van der Waals surface area contributed by atoms with Crippen molar-refractivity contribution >= 4 is 5.82 Å². The summed E-state index contributed by atoms with van der Waals surface area (Å²) in [7, 11) is 0. The third-order valence-electron chi connectivity index (χ3n) is 3.49. The molecule has 0 aromatic carbocycles. The lowest BCUT2D eigenvalue weighted by Gasteiger charge is -2.23. The summed E-state index contributed by atoms with van der Waals surface area (Å²) in [5, 5.41) is 11.7. The van der Waals surface area contributed by atoms with Gasteiger partial charge in [-0.2, -0.15) is 5.10 Å². The molecule has 0 saturated heterocycles. The Morgan fingerprint density at radius 2 is 2.06 bits per heavy atom. The van der Waals surface area contributed by atoms with Crippen LogP contribution in [0.4, 0.5) is 5.82 Å². The van der Waals surface area contributed by atoms with E-state index in [4.69, 9.17) is 0 Å². The zero-order valence-electron chi connectivity index (χ0n) is 10.2. The maximum absolute atomic E-state index is 4.14. The fraction of sp³-hybridized carbons (Fsp3) is 0.692. The van der Waals surface area contributed by atoms with E-state index in [-0.39, 0.29) is 0 Å². The van der Waals surface area contributed by atoms with E-state index in [0.29, 0.717) is 6.04 Å². The molecule has 0 amide bonds. The van der Waals surface area contributed by atoms with Gasteiger partial charge in [-0.15, -0.1) is 5.10 Å². The summed E-state index contributed by atoms with van der Waals surface area (Å²) in [5.41, 5.74) is 1.17. The molecule has 1 saturated carbocycles. The van der Waals surface area contributed by atoms with E-state index in [1.807, 2.05) is 0 Å². The summed E-state index contributed by atoms with van der Waals surface area (Å²) < 4.78 is 0. The highest BCUT2D eigenvalue weighted by Gasteiger charge is 2.19. The third-order valence-corrected chi connectivity index (χ3v) is 3.49. The first-order chi connectivity index (χ1) is 7.75. The lowest BCUT2D eigenvalue weighted by Crippen LogP contribution is -2.26. The van der Waals surface area contributed by atoms with Crippen molar-refractivity contribution in [2.24, 2.45) is 5.92 Å². The van der Waals surface area contributed by atoms with E-state index in [9.17, 15) is 0 Å². The molecule has 0 aliphatic heterocycles. The van der Waals surface area contributed by atoms with Crippen molar-refractivity contribution in [3.63, 3.8) is 0 Å². The van der Waals surface area contributed by atoms with Gasteiger partial charge in [0.2, 0.25) is 0 Å². The molecule has 3 heteroatoms. The second-order valence-electron chi connectivity index (χ2n) is 4.98. The maximum Gasteiger partial charge on any atom is 0.149 e.